The first-order chi connectivity index (χ1) is 12.8. The van der Waals surface area contributed by atoms with Gasteiger partial charge in [-0.2, -0.15) is 0 Å². The van der Waals surface area contributed by atoms with Gasteiger partial charge in [-0.3, -0.25) is 5.14 Å². The fraction of sp³-hybridized carbons (Fsp3) is 0.143. The number of hydrogen-bond donors (Lipinski definition) is 2. The van der Waals surface area contributed by atoms with Crippen molar-refractivity contribution >= 4 is 35.7 Å². The van der Waals surface area contributed by atoms with E-state index in [1.54, 1.807) is 18.2 Å². The summed E-state index contributed by atoms with van der Waals surface area (Å²) in [5.74, 6) is 0.889. The molecule has 1 heterocycles. The summed E-state index contributed by atoms with van der Waals surface area (Å²) in [7, 11) is 0. The van der Waals surface area contributed by atoms with E-state index in [1.807, 2.05) is 12.1 Å². The molecule has 0 unspecified atom stereocenters. The van der Waals surface area contributed by atoms with Crippen LogP contribution in [0.15, 0.2) is 69.5 Å². The molecular formula is C21H20N2OS2. The summed E-state index contributed by atoms with van der Waals surface area (Å²) in [5, 5.41) is 7.89. The molecule has 0 spiro atoms. The minimum atomic E-state index is 0.889. The van der Waals surface area contributed by atoms with E-state index in [0.29, 0.717) is 0 Å². The molecule has 132 valence electrons. The predicted octanol–water partition coefficient (Wildman–Crippen LogP) is 6.13. The van der Waals surface area contributed by atoms with Crippen LogP contribution in [0.1, 0.15) is 23.1 Å². The molecule has 1 aliphatic carbocycles. The van der Waals surface area contributed by atoms with Gasteiger partial charge in [-0.25, -0.2) is 0 Å². The molecule has 0 radical (unpaired) electrons. The molecule has 26 heavy (non-hydrogen) atoms. The molecule has 0 amide bonds. The molecule has 4 rings (SSSR count). The van der Waals surface area contributed by atoms with Crippen molar-refractivity contribution in [2.45, 2.75) is 24.2 Å². The molecule has 0 saturated carbocycles. The van der Waals surface area contributed by atoms with Crippen molar-refractivity contribution in [1.29, 1.82) is 0 Å². The van der Waals surface area contributed by atoms with Gasteiger partial charge < -0.3 is 9.14 Å². The Bertz CT molecular complexity index is 903. The lowest BCUT2D eigenvalue weighted by Gasteiger charge is -2.11. The minimum Gasteiger partial charge on any atom is -0.464 e. The van der Waals surface area contributed by atoms with Crippen LogP contribution < -0.4 is 9.86 Å². The topological polar surface area (TPSA) is 51.2 Å². The highest BCUT2D eigenvalue weighted by Gasteiger charge is 2.14. The molecule has 0 atom stereocenters. The third kappa shape index (κ3) is 3.85. The van der Waals surface area contributed by atoms with E-state index in [-0.39, 0.29) is 0 Å². The van der Waals surface area contributed by atoms with E-state index < -0.39 is 0 Å². The van der Waals surface area contributed by atoms with E-state index in [2.05, 4.69) is 52.6 Å². The first-order valence-corrected chi connectivity index (χ1v) is 10.3. The zero-order valence-electron chi connectivity index (χ0n) is 14.3. The summed E-state index contributed by atoms with van der Waals surface area (Å²) < 4.78 is 8.83. The van der Waals surface area contributed by atoms with Gasteiger partial charge in [0.05, 0.1) is 12.0 Å². The third-order valence-electron chi connectivity index (χ3n) is 4.53. The lowest BCUT2D eigenvalue weighted by molar-refractivity contribution is 0.582. The molecule has 1 aromatic heterocycles. The monoisotopic (exact) mass is 380 g/mol. The number of fused-ring (bicyclic) bond motifs is 1. The molecule has 3 nitrogen and oxygen atoms in total. The number of nitrogens with one attached hydrogen (secondary N) is 1. The lowest BCUT2D eigenvalue weighted by atomic mass is 10.1. The average Bonchev–Trinajstić information content (AvgIpc) is 3.36. The van der Waals surface area contributed by atoms with Crippen LogP contribution in [0.5, 0.6) is 0 Å². The summed E-state index contributed by atoms with van der Waals surface area (Å²) in [6.07, 6.45) is 7.37. The minimum absolute atomic E-state index is 0.889. The summed E-state index contributed by atoms with van der Waals surface area (Å²) in [4.78, 5) is 1.11. The van der Waals surface area contributed by atoms with Crippen molar-refractivity contribution in [2.24, 2.45) is 5.14 Å². The fourth-order valence-corrected chi connectivity index (χ4v) is 4.29. The lowest BCUT2D eigenvalue weighted by Crippen LogP contribution is -1.94. The molecule has 3 N–H and O–H groups in total. The fourth-order valence-electron chi connectivity index (χ4n) is 3.19. The Balaban J connectivity index is 1.39. The second-order valence-electron chi connectivity index (χ2n) is 6.21. The number of benzene rings is 2. The van der Waals surface area contributed by atoms with Gasteiger partial charge in [0.2, 0.25) is 0 Å². The number of anilines is 1. The highest BCUT2D eigenvalue weighted by molar-refractivity contribution is 8.03. The molecule has 0 fully saturated rings. The molecular weight excluding hydrogens is 360 g/mol. The largest absolute Gasteiger partial charge is 0.464 e. The number of furan rings is 1. The zero-order valence-corrected chi connectivity index (χ0v) is 15.9. The maximum atomic E-state index is 5.84. The Hall–Kier alpha value is -2.08. The van der Waals surface area contributed by atoms with Gasteiger partial charge in [0.15, 0.2) is 0 Å². The van der Waals surface area contributed by atoms with Gasteiger partial charge in [-0.05, 0) is 95.6 Å². The Morgan fingerprint density at radius 2 is 1.85 bits per heavy atom. The molecule has 3 aromatic rings. The Kier molecular flexibility index (Phi) is 5.39. The number of aryl methyl sites for hydroxylation is 2. The first-order valence-electron chi connectivity index (χ1n) is 8.58. The van der Waals surface area contributed by atoms with E-state index >= 15 is 0 Å². The van der Waals surface area contributed by atoms with Crippen molar-refractivity contribution in [3.05, 3.63) is 76.9 Å². The van der Waals surface area contributed by atoms with Crippen LogP contribution in [0.4, 0.5) is 5.69 Å². The Labute approximate surface area is 162 Å². The van der Waals surface area contributed by atoms with E-state index in [4.69, 9.17) is 9.56 Å². The van der Waals surface area contributed by atoms with Gasteiger partial charge in [-0.1, -0.05) is 24.3 Å². The number of rotatable bonds is 6. The SMILES string of the molecule is NSc1cc2c(cc1NS/C=C/c1ccc(-c3ccco3)cc1)CCC2. The summed E-state index contributed by atoms with van der Waals surface area (Å²) in [6, 6.07) is 16.7. The van der Waals surface area contributed by atoms with Gasteiger partial charge in [0.25, 0.3) is 0 Å². The van der Waals surface area contributed by atoms with Crippen LogP contribution >= 0.6 is 23.9 Å². The van der Waals surface area contributed by atoms with Crippen molar-refractivity contribution < 1.29 is 4.42 Å². The zero-order chi connectivity index (χ0) is 17.8. The second-order valence-corrected chi connectivity index (χ2v) is 7.60. The third-order valence-corrected chi connectivity index (χ3v) is 5.74. The van der Waals surface area contributed by atoms with Crippen LogP contribution in [0, 0.1) is 0 Å². The first kappa shape index (κ1) is 17.3. The molecule has 2 aromatic carbocycles. The molecule has 0 saturated heterocycles. The normalized spacial score (nSPS) is 13.3. The van der Waals surface area contributed by atoms with Gasteiger partial charge in [0, 0.05) is 10.5 Å². The maximum absolute atomic E-state index is 5.84. The van der Waals surface area contributed by atoms with Gasteiger partial charge in [-0.15, -0.1) is 0 Å². The maximum Gasteiger partial charge on any atom is 0.133 e. The van der Waals surface area contributed by atoms with Crippen LogP contribution in [0.2, 0.25) is 0 Å². The van der Waals surface area contributed by atoms with E-state index in [9.17, 15) is 0 Å². The van der Waals surface area contributed by atoms with E-state index in [1.165, 1.54) is 42.3 Å². The van der Waals surface area contributed by atoms with Crippen molar-refractivity contribution in [1.82, 2.24) is 0 Å². The van der Waals surface area contributed by atoms with Crippen molar-refractivity contribution in [2.75, 3.05) is 4.72 Å². The summed E-state index contributed by atoms with van der Waals surface area (Å²) in [6.45, 7) is 0. The van der Waals surface area contributed by atoms with E-state index in [0.717, 1.165) is 27.5 Å². The average molecular weight is 381 g/mol. The van der Waals surface area contributed by atoms with Gasteiger partial charge in [0.1, 0.15) is 5.76 Å². The van der Waals surface area contributed by atoms with Crippen LogP contribution in [-0.4, -0.2) is 0 Å². The van der Waals surface area contributed by atoms with Crippen LogP contribution in [0.3, 0.4) is 0 Å². The van der Waals surface area contributed by atoms with Crippen LogP contribution in [0.25, 0.3) is 17.4 Å². The molecule has 5 heteroatoms. The highest BCUT2D eigenvalue weighted by atomic mass is 32.2. The highest BCUT2D eigenvalue weighted by Crippen LogP contribution is 2.33. The molecule has 1 aliphatic rings. The molecule has 0 bridgehead atoms. The molecule has 0 aliphatic heterocycles. The van der Waals surface area contributed by atoms with Gasteiger partial charge >= 0.3 is 0 Å². The summed E-state index contributed by atoms with van der Waals surface area (Å²) in [5.41, 5.74) is 6.22. The Morgan fingerprint density at radius 3 is 2.58 bits per heavy atom. The predicted molar refractivity (Wildman–Crippen MR) is 113 cm³/mol. The number of nitrogens with two attached hydrogens (primary N) is 1. The van der Waals surface area contributed by atoms with Crippen molar-refractivity contribution in [3.8, 4) is 11.3 Å². The number of hydrogen-bond acceptors (Lipinski definition) is 5. The summed E-state index contributed by atoms with van der Waals surface area (Å²) >= 11 is 2.87. The van der Waals surface area contributed by atoms with Crippen LogP contribution in [-0.2, 0) is 12.8 Å². The van der Waals surface area contributed by atoms with Crippen molar-refractivity contribution in [3.63, 3.8) is 0 Å². The smallest absolute Gasteiger partial charge is 0.133 e. The Morgan fingerprint density at radius 1 is 1.04 bits per heavy atom. The standard InChI is InChI=1S/C21H20N2OS2/c22-26-21-14-18-4-1-3-17(18)13-19(21)23-25-12-10-15-6-8-16(9-7-15)20-5-2-11-24-20/h2,5-14,23H,1,3-4,22H2/b12-10+. The second kappa shape index (κ2) is 8.08. The quantitative estimate of drug-likeness (QED) is 0.504.